The lowest BCUT2D eigenvalue weighted by molar-refractivity contribution is 0.0527. The first-order valence-corrected chi connectivity index (χ1v) is 6.41. The van der Waals surface area contributed by atoms with Crippen molar-refractivity contribution in [2.24, 2.45) is 4.99 Å². The van der Waals surface area contributed by atoms with Crippen LogP contribution in [0.15, 0.2) is 17.6 Å². The minimum absolute atomic E-state index is 0.387. The van der Waals surface area contributed by atoms with E-state index in [1.165, 1.54) is 0 Å². The molecule has 0 aliphatic rings. The summed E-state index contributed by atoms with van der Waals surface area (Å²) < 4.78 is 5.12. The maximum absolute atomic E-state index is 11.4. The van der Waals surface area contributed by atoms with Crippen molar-refractivity contribution >= 4 is 12.1 Å². The lowest BCUT2D eigenvalue weighted by atomic mass is 10.2. The van der Waals surface area contributed by atoms with Gasteiger partial charge in [-0.1, -0.05) is 6.08 Å². The van der Waals surface area contributed by atoms with Gasteiger partial charge in [0, 0.05) is 26.7 Å². The fourth-order valence-electron chi connectivity index (χ4n) is 1.19. The topological polar surface area (TPSA) is 74.8 Å². The van der Waals surface area contributed by atoms with Crippen molar-refractivity contribution in [1.29, 1.82) is 0 Å². The molecule has 0 bridgehead atoms. The van der Waals surface area contributed by atoms with Crippen molar-refractivity contribution in [2.75, 3.05) is 26.7 Å². The van der Waals surface area contributed by atoms with Gasteiger partial charge >= 0.3 is 6.09 Å². The van der Waals surface area contributed by atoms with Crippen LogP contribution >= 0.6 is 0 Å². The molecule has 0 aromatic heterocycles. The van der Waals surface area contributed by atoms with Gasteiger partial charge in [0.15, 0.2) is 5.96 Å². The van der Waals surface area contributed by atoms with Gasteiger partial charge in [-0.25, -0.2) is 4.79 Å². The Morgan fingerprint density at radius 2 is 1.89 bits per heavy atom. The van der Waals surface area contributed by atoms with Gasteiger partial charge < -0.3 is 20.7 Å². The number of carbonyl (C=O) groups excluding carboxylic acids is 1. The molecule has 6 nitrogen and oxygen atoms in total. The number of ether oxygens (including phenoxy) is 1. The van der Waals surface area contributed by atoms with Crippen LogP contribution in [0.3, 0.4) is 0 Å². The first-order chi connectivity index (χ1) is 8.89. The van der Waals surface area contributed by atoms with E-state index in [9.17, 15) is 4.79 Å². The number of hydrogen-bond acceptors (Lipinski definition) is 3. The van der Waals surface area contributed by atoms with Gasteiger partial charge in [-0.05, 0) is 27.2 Å². The molecular weight excluding hydrogens is 244 g/mol. The quantitative estimate of drug-likeness (QED) is 0.294. The summed E-state index contributed by atoms with van der Waals surface area (Å²) in [6, 6.07) is 0. The fraction of sp³-hybridized carbons (Fsp3) is 0.692. The highest BCUT2D eigenvalue weighted by atomic mass is 16.6. The molecule has 0 rings (SSSR count). The number of carbonyl (C=O) groups is 1. The van der Waals surface area contributed by atoms with Crippen molar-refractivity contribution < 1.29 is 9.53 Å². The molecule has 0 aromatic rings. The van der Waals surface area contributed by atoms with Crippen LogP contribution in [-0.2, 0) is 4.74 Å². The highest BCUT2D eigenvalue weighted by Gasteiger charge is 2.15. The first kappa shape index (κ1) is 17.3. The molecule has 0 unspecified atom stereocenters. The van der Waals surface area contributed by atoms with E-state index < -0.39 is 5.60 Å². The standard InChI is InChI=1S/C13H26N4O2/c1-6-8-15-11(14-5)16-9-7-10-17-12(18)19-13(2,3)4/h6H,1,7-10H2,2-5H3,(H,17,18)(H2,14,15,16). The van der Waals surface area contributed by atoms with Crippen LogP contribution in [0.5, 0.6) is 0 Å². The molecule has 0 radical (unpaired) electrons. The average molecular weight is 270 g/mol. The molecule has 0 heterocycles. The molecule has 0 atom stereocenters. The van der Waals surface area contributed by atoms with E-state index in [2.05, 4.69) is 27.5 Å². The molecule has 19 heavy (non-hydrogen) atoms. The summed E-state index contributed by atoms with van der Waals surface area (Å²) in [4.78, 5) is 15.4. The molecule has 3 N–H and O–H groups in total. The van der Waals surface area contributed by atoms with Crippen LogP contribution in [0.2, 0.25) is 0 Å². The number of nitrogens with zero attached hydrogens (tertiary/aromatic N) is 1. The third-order valence-electron chi connectivity index (χ3n) is 1.95. The normalized spacial score (nSPS) is 11.7. The third kappa shape index (κ3) is 11.1. The fourth-order valence-corrected chi connectivity index (χ4v) is 1.19. The molecule has 0 aromatic carbocycles. The van der Waals surface area contributed by atoms with Gasteiger partial charge in [-0.3, -0.25) is 4.99 Å². The van der Waals surface area contributed by atoms with E-state index in [0.29, 0.717) is 19.6 Å². The number of nitrogens with one attached hydrogen (secondary N) is 3. The van der Waals surface area contributed by atoms with Crippen molar-refractivity contribution in [1.82, 2.24) is 16.0 Å². The number of alkyl carbamates (subject to hydrolysis) is 1. The van der Waals surface area contributed by atoms with Gasteiger partial charge in [0.05, 0.1) is 0 Å². The highest BCUT2D eigenvalue weighted by Crippen LogP contribution is 2.06. The maximum atomic E-state index is 11.4. The van der Waals surface area contributed by atoms with Gasteiger partial charge in [0.1, 0.15) is 5.60 Å². The Hall–Kier alpha value is -1.72. The third-order valence-corrected chi connectivity index (χ3v) is 1.95. The van der Waals surface area contributed by atoms with E-state index >= 15 is 0 Å². The number of aliphatic imine (C=N–C) groups is 1. The second-order valence-corrected chi connectivity index (χ2v) is 4.95. The molecule has 6 heteroatoms. The largest absolute Gasteiger partial charge is 0.444 e. The monoisotopic (exact) mass is 270 g/mol. The summed E-state index contributed by atoms with van der Waals surface area (Å²) in [5.41, 5.74) is -0.459. The zero-order valence-electron chi connectivity index (χ0n) is 12.4. The van der Waals surface area contributed by atoms with Crippen molar-refractivity contribution in [3.8, 4) is 0 Å². The Labute approximate surface area is 115 Å². The smallest absolute Gasteiger partial charge is 0.407 e. The lowest BCUT2D eigenvalue weighted by Gasteiger charge is -2.19. The van der Waals surface area contributed by atoms with Crippen molar-refractivity contribution in [3.05, 3.63) is 12.7 Å². The summed E-state index contributed by atoms with van der Waals surface area (Å²) in [5, 5.41) is 8.88. The van der Waals surface area contributed by atoms with Crippen LogP contribution in [0, 0.1) is 0 Å². The van der Waals surface area contributed by atoms with Gasteiger partial charge in [-0.2, -0.15) is 0 Å². The molecular formula is C13H26N4O2. The first-order valence-electron chi connectivity index (χ1n) is 6.41. The van der Waals surface area contributed by atoms with Gasteiger partial charge in [0.2, 0.25) is 0 Å². The Kier molecular flexibility index (Phi) is 8.41. The molecule has 1 amide bonds. The Bertz CT molecular complexity index is 308. The lowest BCUT2D eigenvalue weighted by Crippen LogP contribution is -2.39. The molecule has 0 aliphatic heterocycles. The molecule has 0 saturated heterocycles. The number of guanidine groups is 1. The maximum Gasteiger partial charge on any atom is 0.407 e. The van der Waals surface area contributed by atoms with Crippen molar-refractivity contribution in [3.63, 3.8) is 0 Å². The zero-order chi connectivity index (χ0) is 14.7. The van der Waals surface area contributed by atoms with E-state index in [1.54, 1.807) is 13.1 Å². The van der Waals surface area contributed by atoms with Crippen molar-refractivity contribution in [2.45, 2.75) is 32.8 Å². The Morgan fingerprint density at radius 3 is 2.42 bits per heavy atom. The summed E-state index contributed by atoms with van der Waals surface area (Å²) in [6.45, 7) is 11.1. The van der Waals surface area contributed by atoms with Crippen LogP contribution in [0.4, 0.5) is 4.79 Å². The van der Waals surface area contributed by atoms with E-state index in [1.807, 2.05) is 20.8 Å². The van der Waals surface area contributed by atoms with E-state index in [4.69, 9.17) is 4.74 Å². The number of amides is 1. The van der Waals surface area contributed by atoms with Crippen LogP contribution in [0.25, 0.3) is 0 Å². The SMILES string of the molecule is C=CCNC(=NC)NCCCNC(=O)OC(C)(C)C. The van der Waals surface area contributed by atoms with Crippen LogP contribution in [0.1, 0.15) is 27.2 Å². The summed E-state index contributed by atoms with van der Waals surface area (Å²) in [7, 11) is 1.71. The predicted molar refractivity (Wildman–Crippen MR) is 78.4 cm³/mol. The minimum atomic E-state index is -0.459. The van der Waals surface area contributed by atoms with E-state index in [-0.39, 0.29) is 6.09 Å². The molecule has 110 valence electrons. The summed E-state index contributed by atoms with van der Waals surface area (Å²) >= 11 is 0. The van der Waals surface area contributed by atoms with E-state index in [0.717, 1.165) is 12.4 Å². The second kappa shape index (κ2) is 9.24. The second-order valence-electron chi connectivity index (χ2n) is 4.95. The number of hydrogen-bond donors (Lipinski definition) is 3. The summed E-state index contributed by atoms with van der Waals surface area (Å²) in [6.07, 6.45) is 2.16. The average Bonchev–Trinajstić information content (AvgIpc) is 2.30. The number of rotatable bonds is 6. The minimum Gasteiger partial charge on any atom is -0.444 e. The zero-order valence-corrected chi connectivity index (χ0v) is 12.4. The van der Waals surface area contributed by atoms with Crippen LogP contribution in [-0.4, -0.2) is 44.3 Å². The Morgan fingerprint density at radius 1 is 1.26 bits per heavy atom. The molecule has 0 spiro atoms. The molecule has 0 fully saturated rings. The molecule has 0 saturated carbocycles. The van der Waals surface area contributed by atoms with Gasteiger partial charge in [-0.15, -0.1) is 6.58 Å². The summed E-state index contributed by atoms with van der Waals surface area (Å²) in [5.74, 6) is 0.720. The predicted octanol–water partition coefficient (Wildman–Crippen LogP) is 1.25. The highest BCUT2D eigenvalue weighted by molar-refractivity contribution is 5.79. The van der Waals surface area contributed by atoms with Crippen LogP contribution < -0.4 is 16.0 Å². The van der Waals surface area contributed by atoms with Gasteiger partial charge in [0.25, 0.3) is 0 Å². The Balaban J connectivity index is 3.64. The molecule has 0 aliphatic carbocycles.